The summed E-state index contributed by atoms with van der Waals surface area (Å²) in [5, 5.41) is 2.23. The summed E-state index contributed by atoms with van der Waals surface area (Å²) < 4.78 is 6.17. The first-order chi connectivity index (χ1) is 25.6. The molecular formula is C48H35N3O. The number of para-hydroxylation sites is 1. The molecule has 0 spiro atoms. The molecule has 0 saturated heterocycles. The molecule has 7 aromatic rings. The van der Waals surface area contributed by atoms with Gasteiger partial charge in [0, 0.05) is 33.4 Å². The number of furan rings is 1. The SMILES string of the molecule is C=Cc1cc(-c2nc(-c3ccc(C4=CCC5C=CC=CC5=C4)cc3)nc(-c3ccc(-c4cccc5oc6ccccc6c45)cc3)n2)ccc1/C=C\C. The third kappa shape index (κ3) is 5.74. The van der Waals surface area contributed by atoms with E-state index >= 15 is 0 Å². The average molecular weight is 670 g/mol. The smallest absolute Gasteiger partial charge is 0.164 e. The van der Waals surface area contributed by atoms with E-state index in [1.54, 1.807) is 0 Å². The number of allylic oxidation sites excluding steroid dienone is 9. The highest BCUT2D eigenvalue weighted by atomic mass is 16.3. The van der Waals surface area contributed by atoms with Gasteiger partial charge in [-0.3, -0.25) is 0 Å². The monoisotopic (exact) mass is 669 g/mol. The molecule has 2 aromatic heterocycles. The van der Waals surface area contributed by atoms with Gasteiger partial charge in [0.1, 0.15) is 11.2 Å². The number of rotatable bonds is 7. The summed E-state index contributed by atoms with van der Waals surface area (Å²) >= 11 is 0. The molecule has 2 heterocycles. The first-order valence-electron chi connectivity index (χ1n) is 17.7. The highest BCUT2D eigenvalue weighted by Crippen LogP contribution is 2.38. The van der Waals surface area contributed by atoms with Crippen LogP contribution in [0.5, 0.6) is 0 Å². The molecule has 1 atom stereocenters. The standard InChI is InChI=1S/C48H35N3O/c1-3-10-32-20-28-40(29-31(32)4-2)48-50-46(36-23-17-34(18-24-36)39-27-19-33-11-5-6-12-38(33)30-39)49-47(51-48)37-25-21-35(22-26-37)41-14-9-16-44-45(41)42-13-7-8-15-43(42)52-44/h3-18,20-30,33H,2,19H2,1H3/b10-3-. The molecule has 52 heavy (non-hydrogen) atoms. The summed E-state index contributed by atoms with van der Waals surface area (Å²) in [7, 11) is 0. The first-order valence-corrected chi connectivity index (χ1v) is 17.7. The molecule has 0 aliphatic heterocycles. The van der Waals surface area contributed by atoms with Crippen LogP contribution in [-0.2, 0) is 0 Å². The molecule has 1 unspecified atom stereocenters. The Morgan fingerprint density at radius 3 is 2.10 bits per heavy atom. The zero-order chi connectivity index (χ0) is 35.0. The Morgan fingerprint density at radius 1 is 0.673 bits per heavy atom. The topological polar surface area (TPSA) is 51.8 Å². The van der Waals surface area contributed by atoms with Gasteiger partial charge in [0.25, 0.3) is 0 Å². The maximum Gasteiger partial charge on any atom is 0.164 e. The summed E-state index contributed by atoms with van der Waals surface area (Å²) in [6.45, 7) is 6.08. The van der Waals surface area contributed by atoms with Crippen molar-refractivity contribution < 1.29 is 4.42 Å². The van der Waals surface area contributed by atoms with Gasteiger partial charge in [-0.2, -0.15) is 0 Å². The third-order valence-corrected chi connectivity index (χ3v) is 9.96. The van der Waals surface area contributed by atoms with E-state index in [-0.39, 0.29) is 0 Å². The lowest BCUT2D eigenvalue weighted by Gasteiger charge is -2.21. The molecule has 0 N–H and O–H groups in total. The number of hydrogen-bond donors (Lipinski definition) is 0. The van der Waals surface area contributed by atoms with Crippen LogP contribution in [0, 0.1) is 5.92 Å². The molecule has 0 fully saturated rings. The van der Waals surface area contributed by atoms with Crippen molar-refractivity contribution in [1.82, 2.24) is 15.0 Å². The fraction of sp³-hybridized carbons (Fsp3) is 0.0625. The lowest BCUT2D eigenvalue weighted by molar-refractivity contribution is 0.669. The molecule has 0 amide bonds. The number of nitrogens with zero attached hydrogens (tertiary/aromatic N) is 3. The fourth-order valence-corrected chi connectivity index (χ4v) is 7.27. The van der Waals surface area contributed by atoms with Gasteiger partial charge in [-0.05, 0) is 70.5 Å². The van der Waals surface area contributed by atoms with Gasteiger partial charge in [0.2, 0.25) is 0 Å². The number of fused-ring (bicyclic) bond motifs is 4. The summed E-state index contributed by atoms with van der Waals surface area (Å²) in [5.41, 5.74) is 12.6. The van der Waals surface area contributed by atoms with Gasteiger partial charge < -0.3 is 4.42 Å². The van der Waals surface area contributed by atoms with Crippen molar-refractivity contribution in [1.29, 1.82) is 0 Å². The maximum atomic E-state index is 6.17. The van der Waals surface area contributed by atoms with Crippen LogP contribution < -0.4 is 0 Å². The highest BCUT2D eigenvalue weighted by molar-refractivity contribution is 6.12. The highest BCUT2D eigenvalue weighted by Gasteiger charge is 2.18. The van der Waals surface area contributed by atoms with E-state index in [9.17, 15) is 0 Å². The molecule has 248 valence electrons. The second-order valence-corrected chi connectivity index (χ2v) is 13.2. The van der Waals surface area contributed by atoms with Crippen LogP contribution >= 0.6 is 0 Å². The minimum absolute atomic E-state index is 0.469. The quantitative estimate of drug-likeness (QED) is 0.169. The predicted octanol–water partition coefficient (Wildman–Crippen LogP) is 12.6. The molecule has 4 heteroatoms. The van der Waals surface area contributed by atoms with E-state index < -0.39 is 0 Å². The van der Waals surface area contributed by atoms with Gasteiger partial charge in [-0.1, -0.05) is 152 Å². The van der Waals surface area contributed by atoms with Crippen molar-refractivity contribution in [3.63, 3.8) is 0 Å². The van der Waals surface area contributed by atoms with Gasteiger partial charge in [0.15, 0.2) is 17.5 Å². The number of hydrogen-bond acceptors (Lipinski definition) is 4. The molecule has 4 nitrogen and oxygen atoms in total. The van der Waals surface area contributed by atoms with Crippen LogP contribution in [0.25, 0.3) is 85.0 Å². The Morgan fingerprint density at radius 2 is 1.35 bits per heavy atom. The summed E-state index contributed by atoms with van der Waals surface area (Å²) in [5.74, 6) is 2.32. The second kappa shape index (κ2) is 13.2. The molecule has 2 aliphatic rings. The van der Waals surface area contributed by atoms with Gasteiger partial charge >= 0.3 is 0 Å². The van der Waals surface area contributed by atoms with Crippen molar-refractivity contribution in [2.45, 2.75) is 13.3 Å². The Hall–Kier alpha value is -6.65. The molecule has 2 aliphatic carbocycles. The van der Waals surface area contributed by atoms with E-state index in [1.807, 2.05) is 43.3 Å². The van der Waals surface area contributed by atoms with E-state index in [0.29, 0.717) is 23.4 Å². The molecule has 0 saturated carbocycles. The van der Waals surface area contributed by atoms with Crippen LogP contribution in [0.1, 0.15) is 30.0 Å². The Bertz CT molecular complexity index is 2670. The largest absolute Gasteiger partial charge is 0.456 e. The summed E-state index contributed by atoms with van der Waals surface area (Å²) in [4.78, 5) is 15.1. The average Bonchev–Trinajstić information content (AvgIpc) is 3.60. The third-order valence-electron chi connectivity index (χ3n) is 9.96. The van der Waals surface area contributed by atoms with E-state index in [2.05, 4.69) is 134 Å². The Kier molecular flexibility index (Phi) is 7.98. The van der Waals surface area contributed by atoms with Crippen molar-refractivity contribution in [2.24, 2.45) is 5.92 Å². The Balaban J connectivity index is 1.11. The lowest BCUT2D eigenvalue weighted by Crippen LogP contribution is -2.05. The summed E-state index contributed by atoms with van der Waals surface area (Å²) in [6.07, 6.45) is 20.4. The second-order valence-electron chi connectivity index (χ2n) is 13.2. The number of aromatic nitrogens is 3. The van der Waals surface area contributed by atoms with Crippen LogP contribution in [0.2, 0.25) is 0 Å². The van der Waals surface area contributed by atoms with Gasteiger partial charge in [-0.15, -0.1) is 0 Å². The van der Waals surface area contributed by atoms with E-state index in [0.717, 1.165) is 67.3 Å². The lowest BCUT2D eigenvalue weighted by atomic mass is 9.84. The zero-order valence-electron chi connectivity index (χ0n) is 28.8. The number of benzene rings is 5. The van der Waals surface area contributed by atoms with E-state index in [4.69, 9.17) is 19.4 Å². The maximum absolute atomic E-state index is 6.17. The van der Waals surface area contributed by atoms with Crippen LogP contribution in [0.15, 0.2) is 168 Å². The minimum atomic E-state index is 0.469. The first kappa shape index (κ1) is 31.3. The molecule has 0 radical (unpaired) electrons. The van der Waals surface area contributed by atoms with Crippen molar-refractivity contribution >= 4 is 39.7 Å². The van der Waals surface area contributed by atoms with Crippen molar-refractivity contribution in [2.75, 3.05) is 0 Å². The van der Waals surface area contributed by atoms with Gasteiger partial charge in [-0.25, -0.2) is 15.0 Å². The normalized spacial score (nSPS) is 15.2. The van der Waals surface area contributed by atoms with Crippen LogP contribution in [-0.4, -0.2) is 15.0 Å². The van der Waals surface area contributed by atoms with Crippen molar-refractivity contribution in [3.05, 3.63) is 181 Å². The van der Waals surface area contributed by atoms with Crippen LogP contribution in [0.4, 0.5) is 0 Å². The van der Waals surface area contributed by atoms with Crippen LogP contribution in [0.3, 0.4) is 0 Å². The fourth-order valence-electron chi connectivity index (χ4n) is 7.27. The predicted molar refractivity (Wildman–Crippen MR) is 216 cm³/mol. The molecule has 0 bridgehead atoms. The van der Waals surface area contributed by atoms with Crippen molar-refractivity contribution in [3.8, 4) is 45.3 Å². The van der Waals surface area contributed by atoms with E-state index in [1.165, 1.54) is 16.7 Å². The molecule has 9 rings (SSSR count). The molecule has 5 aromatic carbocycles. The Labute approximate surface area is 303 Å². The van der Waals surface area contributed by atoms with Gasteiger partial charge in [0.05, 0.1) is 0 Å². The zero-order valence-corrected chi connectivity index (χ0v) is 28.8. The molecular weight excluding hydrogens is 635 g/mol. The summed E-state index contributed by atoms with van der Waals surface area (Å²) in [6, 6.07) is 37.7. The minimum Gasteiger partial charge on any atom is -0.456 e.